The maximum Gasteiger partial charge on any atom is 0.0561 e. The summed E-state index contributed by atoms with van der Waals surface area (Å²) < 4.78 is 0. The third kappa shape index (κ3) is 4.47. The van der Waals surface area contributed by atoms with Gasteiger partial charge >= 0.3 is 0 Å². The molecule has 0 heterocycles. The molecule has 1 rings (SSSR count). The van der Waals surface area contributed by atoms with Crippen molar-refractivity contribution in [3.05, 3.63) is 34.9 Å². The summed E-state index contributed by atoms with van der Waals surface area (Å²) in [6, 6.07) is 8.01. The molecule has 0 amide bonds. The highest BCUT2D eigenvalue weighted by atomic mass is 35.5. The molecule has 114 valence electrons. The van der Waals surface area contributed by atoms with E-state index in [1.807, 2.05) is 12.1 Å². The monoisotopic (exact) mass is 296 g/mol. The number of benzene rings is 1. The smallest absolute Gasteiger partial charge is 0.0561 e. The Morgan fingerprint density at radius 1 is 1.10 bits per heavy atom. The van der Waals surface area contributed by atoms with Crippen LogP contribution in [0.25, 0.3) is 0 Å². The lowest BCUT2D eigenvalue weighted by molar-refractivity contribution is 0.171. The molecule has 0 radical (unpaired) electrons. The molecule has 0 spiro atoms. The van der Waals surface area contributed by atoms with Gasteiger partial charge in [-0.15, -0.1) is 0 Å². The molecule has 0 aromatic heterocycles. The third-order valence-electron chi connectivity index (χ3n) is 3.98. The van der Waals surface area contributed by atoms with E-state index in [-0.39, 0.29) is 5.54 Å². The van der Waals surface area contributed by atoms with E-state index < -0.39 is 0 Å². The Hall–Kier alpha value is -0.570. The molecule has 0 fully saturated rings. The van der Waals surface area contributed by atoms with Crippen LogP contribution in [0.1, 0.15) is 46.1 Å². The van der Waals surface area contributed by atoms with Crippen molar-refractivity contribution in [2.24, 2.45) is 11.7 Å². The van der Waals surface area contributed by atoms with Crippen LogP contribution in [0, 0.1) is 5.92 Å². The summed E-state index contributed by atoms with van der Waals surface area (Å²) in [5, 5.41) is 0.763. The summed E-state index contributed by atoms with van der Waals surface area (Å²) in [6.45, 7) is 11.9. The predicted octanol–water partition coefficient (Wildman–Crippen LogP) is 4.27. The van der Waals surface area contributed by atoms with E-state index >= 15 is 0 Å². The highest BCUT2D eigenvalue weighted by molar-refractivity contribution is 6.30. The molecule has 0 aliphatic heterocycles. The van der Waals surface area contributed by atoms with Crippen LogP contribution in [-0.4, -0.2) is 24.5 Å². The first-order chi connectivity index (χ1) is 9.43. The highest BCUT2D eigenvalue weighted by Gasteiger charge is 2.32. The third-order valence-corrected chi connectivity index (χ3v) is 4.23. The number of nitrogens with two attached hydrogens (primary N) is 1. The topological polar surface area (TPSA) is 29.3 Å². The van der Waals surface area contributed by atoms with Gasteiger partial charge in [0.1, 0.15) is 0 Å². The van der Waals surface area contributed by atoms with Crippen molar-refractivity contribution in [2.45, 2.75) is 46.1 Å². The normalized spacial score (nSPS) is 14.8. The second kappa shape index (κ2) is 8.02. The molecule has 0 bridgehead atoms. The van der Waals surface area contributed by atoms with Gasteiger partial charge in [0, 0.05) is 11.6 Å². The number of hydrogen-bond donors (Lipinski definition) is 1. The zero-order valence-electron chi connectivity index (χ0n) is 13.3. The van der Waals surface area contributed by atoms with Crippen LogP contribution in [-0.2, 0) is 5.54 Å². The minimum Gasteiger partial charge on any atom is -0.320 e. The molecule has 1 atom stereocenters. The van der Waals surface area contributed by atoms with Crippen LogP contribution < -0.4 is 5.73 Å². The fourth-order valence-corrected chi connectivity index (χ4v) is 2.77. The molecule has 3 heteroatoms. The molecule has 0 saturated carbocycles. The van der Waals surface area contributed by atoms with Crippen molar-refractivity contribution in [1.82, 2.24) is 4.90 Å². The molecular weight excluding hydrogens is 268 g/mol. The van der Waals surface area contributed by atoms with E-state index in [1.165, 1.54) is 5.56 Å². The van der Waals surface area contributed by atoms with E-state index in [0.717, 1.165) is 37.5 Å². The Kier molecular flexibility index (Phi) is 7.01. The van der Waals surface area contributed by atoms with Gasteiger partial charge < -0.3 is 10.6 Å². The fourth-order valence-electron chi connectivity index (χ4n) is 2.64. The Morgan fingerprint density at radius 3 is 2.00 bits per heavy atom. The molecule has 2 N–H and O–H groups in total. The van der Waals surface area contributed by atoms with Gasteiger partial charge in [0.15, 0.2) is 0 Å². The van der Waals surface area contributed by atoms with E-state index in [0.29, 0.717) is 5.92 Å². The van der Waals surface area contributed by atoms with Crippen LogP contribution in [0.2, 0.25) is 5.02 Å². The van der Waals surface area contributed by atoms with Gasteiger partial charge in [-0.1, -0.05) is 51.4 Å². The summed E-state index contributed by atoms with van der Waals surface area (Å²) in [4.78, 5) is 2.48. The fraction of sp³-hybridized carbons (Fsp3) is 0.647. The minimum atomic E-state index is -0.324. The maximum atomic E-state index is 6.79. The van der Waals surface area contributed by atoms with Crippen molar-refractivity contribution < 1.29 is 0 Å². The summed E-state index contributed by atoms with van der Waals surface area (Å²) in [5.74, 6) is 0.375. The molecule has 0 aliphatic rings. The van der Waals surface area contributed by atoms with Crippen molar-refractivity contribution >= 4 is 11.6 Å². The van der Waals surface area contributed by atoms with Crippen molar-refractivity contribution in [3.8, 4) is 0 Å². The van der Waals surface area contributed by atoms with Crippen molar-refractivity contribution in [3.63, 3.8) is 0 Å². The van der Waals surface area contributed by atoms with Gasteiger partial charge in [-0.25, -0.2) is 0 Å². The predicted molar refractivity (Wildman–Crippen MR) is 89.2 cm³/mol. The van der Waals surface area contributed by atoms with Crippen LogP contribution in [0.5, 0.6) is 0 Å². The highest BCUT2D eigenvalue weighted by Crippen LogP contribution is 2.29. The summed E-state index contributed by atoms with van der Waals surface area (Å²) >= 11 is 6.00. The lowest BCUT2D eigenvalue weighted by Crippen LogP contribution is -2.51. The average molecular weight is 297 g/mol. The average Bonchev–Trinajstić information content (AvgIpc) is 2.39. The Morgan fingerprint density at radius 2 is 1.60 bits per heavy atom. The quantitative estimate of drug-likeness (QED) is 0.776. The zero-order chi connectivity index (χ0) is 15.2. The largest absolute Gasteiger partial charge is 0.320 e. The summed E-state index contributed by atoms with van der Waals surface area (Å²) in [6.07, 6.45) is 2.32. The second-order valence-corrected chi connectivity index (χ2v) is 6.41. The standard InChI is InChI=1S/C17H29ClN2/c1-5-11-20(12-6-2)13-17(19,14(3)4)15-7-9-16(18)10-8-15/h7-10,14H,5-6,11-13,19H2,1-4H3. The van der Waals surface area contributed by atoms with Crippen LogP contribution in [0.4, 0.5) is 0 Å². The number of nitrogens with zero attached hydrogens (tertiary/aromatic N) is 1. The van der Waals surface area contributed by atoms with Crippen molar-refractivity contribution in [2.75, 3.05) is 19.6 Å². The van der Waals surface area contributed by atoms with Gasteiger partial charge in [0.05, 0.1) is 5.54 Å². The van der Waals surface area contributed by atoms with Gasteiger partial charge in [0.25, 0.3) is 0 Å². The molecule has 0 aliphatic carbocycles. The van der Waals surface area contributed by atoms with E-state index in [1.54, 1.807) is 0 Å². The number of hydrogen-bond acceptors (Lipinski definition) is 2. The molecule has 1 aromatic rings. The number of rotatable bonds is 8. The second-order valence-electron chi connectivity index (χ2n) is 5.98. The lowest BCUT2D eigenvalue weighted by atomic mass is 9.80. The van der Waals surface area contributed by atoms with E-state index in [2.05, 4.69) is 44.7 Å². The van der Waals surface area contributed by atoms with Gasteiger partial charge in [-0.3, -0.25) is 0 Å². The zero-order valence-corrected chi connectivity index (χ0v) is 14.1. The lowest BCUT2D eigenvalue weighted by Gasteiger charge is -2.39. The van der Waals surface area contributed by atoms with Gasteiger partial charge in [-0.2, -0.15) is 0 Å². The first-order valence-corrected chi connectivity index (χ1v) is 8.09. The minimum absolute atomic E-state index is 0.324. The summed E-state index contributed by atoms with van der Waals surface area (Å²) in [7, 11) is 0. The molecule has 1 unspecified atom stereocenters. The molecule has 0 saturated heterocycles. The Labute approximate surface area is 129 Å². The first-order valence-electron chi connectivity index (χ1n) is 7.71. The molecule has 20 heavy (non-hydrogen) atoms. The Balaban J connectivity index is 2.98. The van der Waals surface area contributed by atoms with Crippen LogP contribution >= 0.6 is 11.6 Å². The molecular formula is C17H29ClN2. The molecule has 1 aromatic carbocycles. The van der Waals surface area contributed by atoms with E-state index in [9.17, 15) is 0 Å². The van der Waals surface area contributed by atoms with Crippen molar-refractivity contribution in [1.29, 1.82) is 0 Å². The summed E-state index contributed by atoms with van der Waals surface area (Å²) in [5.41, 5.74) is 7.64. The Bertz CT molecular complexity index is 382. The van der Waals surface area contributed by atoms with Crippen LogP contribution in [0.15, 0.2) is 24.3 Å². The van der Waals surface area contributed by atoms with E-state index in [4.69, 9.17) is 17.3 Å². The van der Waals surface area contributed by atoms with Gasteiger partial charge in [-0.05, 0) is 49.5 Å². The van der Waals surface area contributed by atoms with Crippen LogP contribution in [0.3, 0.4) is 0 Å². The van der Waals surface area contributed by atoms with Gasteiger partial charge in [0.2, 0.25) is 0 Å². The number of halogens is 1. The molecule has 2 nitrogen and oxygen atoms in total. The maximum absolute atomic E-state index is 6.79. The first kappa shape index (κ1) is 17.5. The SMILES string of the molecule is CCCN(CCC)CC(N)(c1ccc(Cl)cc1)C(C)C.